The van der Waals surface area contributed by atoms with Crippen molar-refractivity contribution in [2.75, 3.05) is 11.9 Å². The van der Waals surface area contributed by atoms with Crippen LogP contribution in [0, 0.1) is 0 Å². The number of nitrogens with one attached hydrogen (secondary N) is 2. The van der Waals surface area contributed by atoms with Crippen molar-refractivity contribution in [3.63, 3.8) is 0 Å². The zero-order chi connectivity index (χ0) is 14.7. The highest BCUT2D eigenvalue weighted by atomic mass is 16.5. The fraction of sp³-hybridized carbons (Fsp3) is 0.267. The van der Waals surface area contributed by atoms with Crippen molar-refractivity contribution in [1.29, 1.82) is 0 Å². The molecule has 2 heterocycles. The van der Waals surface area contributed by atoms with Gasteiger partial charge in [-0.25, -0.2) is 5.10 Å². The zero-order valence-corrected chi connectivity index (χ0v) is 11.3. The van der Waals surface area contributed by atoms with Gasteiger partial charge in [0.1, 0.15) is 6.10 Å². The molecule has 1 fully saturated rings. The second-order valence-electron chi connectivity index (χ2n) is 4.84. The normalized spacial score (nSPS) is 17.6. The van der Waals surface area contributed by atoms with E-state index in [2.05, 4.69) is 15.5 Å². The third-order valence-corrected chi connectivity index (χ3v) is 3.36. The van der Waals surface area contributed by atoms with E-state index in [1.54, 1.807) is 12.1 Å². The Hall–Kier alpha value is -2.47. The number of carbonyl (C=O) groups is 1. The van der Waals surface area contributed by atoms with Crippen molar-refractivity contribution >= 4 is 11.6 Å². The summed E-state index contributed by atoms with van der Waals surface area (Å²) in [5, 5.41) is 9.25. The van der Waals surface area contributed by atoms with Crippen LogP contribution in [0.4, 0.5) is 5.69 Å². The highest BCUT2D eigenvalue weighted by Crippen LogP contribution is 2.26. The number of amides is 1. The molecular weight excluding hydrogens is 270 g/mol. The van der Waals surface area contributed by atoms with Crippen molar-refractivity contribution in [3.05, 3.63) is 46.8 Å². The first-order valence-corrected chi connectivity index (χ1v) is 6.81. The first kappa shape index (κ1) is 13.5. The molecule has 1 amide bonds. The van der Waals surface area contributed by atoms with Crippen LogP contribution in [0.1, 0.15) is 12.8 Å². The van der Waals surface area contributed by atoms with E-state index >= 15 is 0 Å². The second kappa shape index (κ2) is 5.88. The lowest BCUT2D eigenvalue weighted by Gasteiger charge is -2.13. The number of nitrogens with zero attached hydrogens (tertiary/aromatic N) is 1. The molecule has 108 valence electrons. The largest absolute Gasteiger partial charge is 0.368 e. The summed E-state index contributed by atoms with van der Waals surface area (Å²) in [6.07, 6.45) is 1.26. The molecule has 1 saturated heterocycles. The highest BCUT2D eigenvalue weighted by Gasteiger charge is 2.24. The molecule has 3 rings (SSSR count). The summed E-state index contributed by atoms with van der Waals surface area (Å²) in [6.45, 7) is 0.626. The lowest BCUT2D eigenvalue weighted by atomic mass is 10.1. The minimum absolute atomic E-state index is 0.149. The molecule has 2 aromatic rings. The number of benzene rings is 1. The lowest BCUT2D eigenvalue weighted by Crippen LogP contribution is -2.27. The van der Waals surface area contributed by atoms with Gasteiger partial charge in [-0.2, -0.15) is 5.10 Å². The van der Waals surface area contributed by atoms with Crippen LogP contribution in [0.3, 0.4) is 0 Å². The number of rotatable bonds is 3. The molecule has 0 radical (unpaired) electrons. The summed E-state index contributed by atoms with van der Waals surface area (Å²) >= 11 is 0. The van der Waals surface area contributed by atoms with Crippen LogP contribution in [0.15, 0.2) is 41.2 Å². The Bertz CT molecular complexity index is 685. The molecule has 0 bridgehead atoms. The van der Waals surface area contributed by atoms with E-state index in [-0.39, 0.29) is 17.6 Å². The predicted molar refractivity (Wildman–Crippen MR) is 77.9 cm³/mol. The van der Waals surface area contributed by atoms with Crippen LogP contribution < -0.4 is 10.9 Å². The van der Waals surface area contributed by atoms with Crippen LogP contribution in [0.25, 0.3) is 11.3 Å². The topological polar surface area (TPSA) is 84.1 Å². The molecule has 1 atom stereocenters. The maximum atomic E-state index is 12.1. The van der Waals surface area contributed by atoms with Crippen molar-refractivity contribution in [2.24, 2.45) is 0 Å². The number of hydrogen-bond acceptors (Lipinski definition) is 4. The smallest absolute Gasteiger partial charge is 0.264 e. The number of carbonyl (C=O) groups excluding carboxylic acids is 1. The average Bonchev–Trinajstić information content (AvgIpc) is 3.03. The summed E-state index contributed by atoms with van der Waals surface area (Å²) in [7, 11) is 0. The number of ether oxygens (including phenoxy) is 1. The highest BCUT2D eigenvalue weighted by molar-refractivity contribution is 5.97. The van der Waals surface area contributed by atoms with Crippen molar-refractivity contribution in [1.82, 2.24) is 10.2 Å². The quantitative estimate of drug-likeness (QED) is 0.896. The zero-order valence-electron chi connectivity index (χ0n) is 11.3. The number of H-pyrrole nitrogens is 1. The summed E-state index contributed by atoms with van der Waals surface area (Å²) in [6, 6.07) is 10.3. The van der Waals surface area contributed by atoms with Crippen LogP contribution in [0.2, 0.25) is 0 Å². The van der Waals surface area contributed by atoms with Gasteiger partial charge in [-0.3, -0.25) is 9.59 Å². The Morgan fingerprint density at radius 1 is 1.29 bits per heavy atom. The molecule has 21 heavy (non-hydrogen) atoms. The molecule has 0 aliphatic carbocycles. The molecule has 2 N–H and O–H groups in total. The maximum Gasteiger partial charge on any atom is 0.264 e. The number of para-hydroxylation sites is 1. The number of aromatic nitrogens is 2. The third kappa shape index (κ3) is 3.00. The SMILES string of the molecule is O=C(Nc1ccccc1-c1ccc(=O)[nH]n1)[C@@H]1CCCO1. The molecule has 1 aliphatic heterocycles. The van der Waals surface area contributed by atoms with Gasteiger partial charge in [0.15, 0.2) is 0 Å². The van der Waals surface area contributed by atoms with Gasteiger partial charge in [0, 0.05) is 18.2 Å². The molecule has 0 unspecified atom stereocenters. The number of aromatic amines is 1. The standard InChI is InChI=1S/C15H15N3O3/c19-14-8-7-12(17-18-14)10-4-1-2-5-11(10)16-15(20)13-6-3-9-21-13/h1-2,4-5,7-8,13H,3,6,9H2,(H,16,20)(H,18,19)/t13-/m0/s1. The summed E-state index contributed by atoms with van der Waals surface area (Å²) in [5.41, 5.74) is 1.73. The van der Waals surface area contributed by atoms with Crippen molar-refractivity contribution < 1.29 is 9.53 Å². The van der Waals surface area contributed by atoms with Gasteiger partial charge < -0.3 is 10.1 Å². The van der Waals surface area contributed by atoms with E-state index < -0.39 is 0 Å². The van der Waals surface area contributed by atoms with Crippen LogP contribution in [-0.2, 0) is 9.53 Å². The van der Waals surface area contributed by atoms with E-state index in [4.69, 9.17) is 4.74 Å². The molecule has 1 aromatic carbocycles. The first-order valence-electron chi connectivity index (χ1n) is 6.81. The molecule has 6 heteroatoms. The van der Waals surface area contributed by atoms with E-state index in [1.165, 1.54) is 6.07 Å². The molecule has 1 aromatic heterocycles. The monoisotopic (exact) mass is 285 g/mol. The summed E-state index contributed by atoms with van der Waals surface area (Å²) in [4.78, 5) is 23.2. The van der Waals surface area contributed by atoms with Crippen LogP contribution in [0.5, 0.6) is 0 Å². The lowest BCUT2D eigenvalue weighted by molar-refractivity contribution is -0.124. The second-order valence-corrected chi connectivity index (χ2v) is 4.84. The molecule has 1 aliphatic rings. The van der Waals surface area contributed by atoms with E-state index in [0.717, 1.165) is 18.4 Å². The van der Waals surface area contributed by atoms with Crippen molar-refractivity contribution in [3.8, 4) is 11.3 Å². The van der Waals surface area contributed by atoms with Gasteiger partial charge in [0.2, 0.25) is 0 Å². The van der Waals surface area contributed by atoms with Crippen LogP contribution in [-0.4, -0.2) is 28.8 Å². The molecule has 6 nitrogen and oxygen atoms in total. The Labute approximate surface area is 121 Å². The van der Waals surface area contributed by atoms with E-state index in [1.807, 2.05) is 18.2 Å². The van der Waals surface area contributed by atoms with E-state index in [0.29, 0.717) is 18.0 Å². The average molecular weight is 285 g/mol. The van der Waals surface area contributed by atoms with Gasteiger partial charge in [-0.05, 0) is 25.0 Å². The fourth-order valence-corrected chi connectivity index (χ4v) is 2.31. The number of anilines is 1. The Morgan fingerprint density at radius 2 is 2.14 bits per heavy atom. The Kier molecular flexibility index (Phi) is 3.79. The van der Waals surface area contributed by atoms with Crippen LogP contribution >= 0.6 is 0 Å². The Morgan fingerprint density at radius 3 is 2.86 bits per heavy atom. The minimum Gasteiger partial charge on any atom is -0.368 e. The van der Waals surface area contributed by atoms with Crippen molar-refractivity contribution in [2.45, 2.75) is 18.9 Å². The predicted octanol–water partition coefficient (Wildman–Crippen LogP) is 1.55. The number of hydrogen-bond donors (Lipinski definition) is 2. The fourth-order valence-electron chi connectivity index (χ4n) is 2.31. The Balaban J connectivity index is 1.87. The van der Waals surface area contributed by atoms with Gasteiger partial charge in [0.05, 0.1) is 11.4 Å². The molecule has 0 spiro atoms. The summed E-state index contributed by atoms with van der Waals surface area (Å²) in [5.74, 6) is -0.149. The third-order valence-electron chi connectivity index (χ3n) is 3.36. The first-order chi connectivity index (χ1) is 10.2. The van der Waals surface area contributed by atoms with Gasteiger partial charge >= 0.3 is 0 Å². The van der Waals surface area contributed by atoms with E-state index in [9.17, 15) is 9.59 Å². The van der Waals surface area contributed by atoms with Gasteiger partial charge in [-0.15, -0.1) is 0 Å². The minimum atomic E-state index is -0.387. The molecular formula is C15H15N3O3. The summed E-state index contributed by atoms with van der Waals surface area (Å²) < 4.78 is 5.37. The molecule has 0 saturated carbocycles. The van der Waals surface area contributed by atoms with Gasteiger partial charge in [-0.1, -0.05) is 18.2 Å². The maximum absolute atomic E-state index is 12.1. The van der Waals surface area contributed by atoms with Gasteiger partial charge in [0.25, 0.3) is 11.5 Å².